The van der Waals surface area contributed by atoms with Crippen molar-refractivity contribution in [2.24, 2.45) is 7.05 Å². The summed E-state index contributed by atoms with van der Waals surface area (Å²) in [7, 11) is 1.81. The highest BCUT2D eigenvalue weighted by Crippen LogP contribution is 2.22. The second-order valence-electron chi connectivity index (χ2n) is 4.15. The molecule has 5 heteroatoms. The van der Waals surface area contributed by atoms with E-state index in [-0.39, 0.29) is 6.10 Å². The third-order valence-electron chi connectivity index (χ3n) is 2.70. The number of rotatable bonds is 5. The Balaban J connectivity index is 2.90. The van der Waals surface area contributed by atoms with E-state index in [1.54, 1.807) is 24.7 Å². The molecule has 0 radical (unpaired) electrons. The fourth-order valence-corrected chi connectivity index (χ4v) is 1.55. The smallest absolute Gasteiger partial charge is 0.172 e. The van der Waals surface area contributed by atoms with Crippen LogP contribution in [0.2, 0.25) is 0 Å². The van der Waals surface area contributed by atoms with E-state index in [1.165, 1.54) is 0 Å². The SMILES string of the molecule is CCc1nn(C)cc1C(C#N)OC(C)C(C)O. The molecule has 17 heavy (non-hydrogen) atoms. The van der Waals surface area contributed by atoms with Gasteiger partial charge in [0.25, 0.3) is 0 Å². The lowest BCUT2D eigenvalue weighted by molar-refractivity contribution is -0.0428. The first-order valence-corrected chi connectivity index (χ1v) is 5.75. The summed E-state index contributed by atoms with van der Waals surface area (Å²) in [6.07, 6.45) is 0.878. The lowest BCUT2D eigenvalue weighted by Crippen LogP contribution is -2.24. The zero-order valence-corrected chi connectivity index (χ0v) is 10.7. The highest BCUT2D eigenvalue weighted by Gasteiger charge is 2.22. The molecule has 0 spiro atoms. The third-order valence-corrected chi connectivity index (χ3v) is 2.70. The molecule has 0 saturated heterocycles. The molecule has 94 valence electrons. The van der Waals surface area contributed by atoms with Crippen molar-refractivity contribution >= 4 is 0 Å². The van der Waals surface area contributed by atoms with Crippen LogP contribution in [0.15, 0.2) is 6.20 Å². The fourth-order valence-electron chi connectivity index (χ4n) is 1.55. The van der Waals surface area contributed by atoms with Crippen LogP contribution in [0.3, 0.4) is 0 Å². The van der Waals surface area contributed by atoms with Crippen LogP contribution < -0.4 is 0 Å². The molecule has 3 atom stereocenters. The first kappa shape index (κ1) is 13.7. The van der Waals surface area contributed by atoms with Crippen LogP contribution in [-0.4, -0.2) is 27.1 Å². The Hall–Kier alpha value is -1.38. The third kappa shape index (κ3) is 3.29. The molecule has 0 aliphatic heterocycles. The molecule has 5 nitrogen and oxygen atoms in total. The van der Waals surface area contributed by atoms with Gasteiger partial charge in [0.1, 0.15) is 0 Å². The zero-order valence-electron chi connectivity index (χ0n) is 10.7. The summed E-state index contributed by atoms with van der Waals surface area (Å²) in [5.41, 5.74) is 1.64. The Morgan fingerprint density at radius 2 is 2.24 bits per heavy atom. The van der Waals surface area contributed by atoms with Gasteiger partial charge in [-0.1, -0.05) is 6.92 Å². The number of aliphatic hydroxyl groups is 1. The average molecular weight is 237 g/mol. The average Bonchev–Trinajstić information content (AvgIpc) is 2.66. The molecule has 1 heterocycles. The predicted molar refractivity (Wildman–Crippen MR) is 63.2 cm³/mol. The molecule has 1 aromatic rings. The maximum Gasteiger partial charge on any atom is 0.172 e. The van der Waals surface area contributed by atoms with Crippen molar-refractivity contribution in [3.8, 4) is 6.07 Å². The quantitative estimate of drug-likeness (QED) is 0.838. The van der Waals surface area contributed by atoms with Gasteiger partial charge in [-0.2, -0.15) is 10.4 Å². The van der Waals surface area contributed by atoms with E-state index in [2.05, 4.69) is 11.2 Å². The number of aliphatic hydroxyl groups excluding tert-OH is 1. The Kier molecular flexibility index (Phi) is 4.67. The molecule has 0 fully saturated rings. The van der Waals surface area contributed by atoms with Gasteiger partial charge in [-0.05, 0) is 20.3 Å². The summed E-state index contributed by atoms with van der Waals surface area (Å²) in [6, 6.07) is 2.11. The van der Waals surface area contributed by atoms with Crippen molar-refractivity contribution in [3.05, 3.63) is 17.5 Å². The number of nitrogens with zero attached hydrogens (tertiary/aromatic N) is 3. The minimum atomic E-state index is -0.678. The van der Waals surface area contributed by atoms with E-state index in [0.29, 0.717) is 0 Å². The van der Waals surface area contributed by atoms with Gasteiger partial charge in [0.15, 0.2) is 6.10 Å². The van der Waals surface area contributed by atoms with E-state index >= 15 is 0 Å². The number of hydrogen-bond acceptors (Lipinski definition) is 4. The topological polar surface area (TPSA) is 71.1 Å². The number of ether oxygens (including phenoxy) is 1. The van der Waals surface area contributed by atoms with Crippen molar-refractivity contribution in [2.45, 2.75) is 45.5 Å². The summed E-state index contributed by atoms with van der Waals surface area (Å²) in [5.74, 6) is 0. The standard InChI is InChI=1S/C12H19N3O2/c1-5-11-10(7-15(4)14-11)12(6-13)17-9(3)8(2)16/h7-9,12,16H,5H2,1-4H3. The van der Waals surface area contributed by atoms with Gasteiger partial charge >= 0.3 is 0 Å². The molecule has 0 bridgehead atoms. The molecule has 1 rings (SSSR count). The van der Waals surface area contributed by atoms with Crippen LogP contribution in [0.25, 0.3) is 0 Å². The van der Waals surface area contributed by atoms with Crippen molar-refractivity contribution in [1.82, 2.24) is 9.78 Å². The molecular formula is C12H19N3O2. The molecule has 0 aromatic carbocycles. The molecule has 0 aliphatic rings. The maximum atomic E-state index is 9.39. The fraction of sp³-hybridized carbons (Fsp3) is 0.667. The summed E-state index contributed by atoms with van der Waals surface area (Å²) in [6.45, 7) is 5.37. The molecule has 0 aliphatic carbocycles. The van der Waals surface area contributed by atoms with Crippen molar-refractivity contribution in [1.29, 1.82) is 5.26 Å². The predicted octanol–water partition coefficient (Wildman–Crippen LogP) is 1.33. The van der Waals surface area contributed by atoms with E-state index in [9.17, 15) is 5.11 Å². The first-order valence-electron chi connectivity index (χ1n) is 5.75. The van der Waals surface area contributed by atoms with Crippen LogP contribution >= 0.6 is 0 Å². The van der Waals surface area contributed by atoms with Gasteiger partial charge < -0.3 is 9.84 Å². The van der Waals surface area contributed by atoms with Crippen molar-refractivity contribution in [2.75, 3.05) is 0 Å². The molecule has 0 amide bonds. The Morgan fingerprint density at radius 3 is 2.71 bits per heavy atom. The normalized spacial score (nSPS) is 16.2. The molecule has 1 aromatic heterocycles. The number of nitriles is 1. The highest BCUT2D eigenvalue weighted by atomic mass is 16.5. The van der Waals surface area contributed by atoms with Crippen LogP contribution in [0.4, 0.5) is 0 Å². The van der Waals surface area contributed by atoms with E-state index < -0.39 is 12.2 Å². The molecule has 1 N–H and O–H groups in total. The lowest BCUT2D eigenvalue weighted by Gasteiger charge is -2.19. The molecular weight excluding hydrogens is 218 g/mol. The molecule has 0 saturated carbocycles. The van der Waals surface area contributed by atoms with Gasteiger partial charge in [0.05, 0.1) is 24.0 Å². The van der Waals surface area contributed by atoms with E-state index in [1.807, 2.05) is 14.0 Å². The summed E-state index contributed by atoms with van der Waals surface area (Å²) in [4.78, 5) is 0. The zero-order chi connectivity index (χ0) is 13.0. The number of aryl methyl sites for hydroxylation is 2. The Labute approximate surface area is 102 Å². The van der Waals surface area contributed by atoms with Gasteiger partial charge in [-0.25, -0.2) is 0 Å². The highest BCUT2D eigenvalue weighted by molar-refractivity contribution is 5.24. The van der Waals surface area contributed by atoms with Crippen LogP contribution in [0.1, 0.15) is 38.1 Å². The van der Waals surface area contributed by atoms with Crippen molar-refractivity contribution in [3.63, 3.8) is 0 Å². The lowest BCUT2D eigenvalue weighted by atomic mass is 10.1. The Morgan fingerprint density at radius 1 is 1.59 bits per heavy atom. The minimum absolute atomic E-state index is 0.385. The van der Waals surface area contributed by atoms with Crippen LogP contribution in [-0.2, 0) is 18.2 Å². The van der Waals surface area contributed by atoms with E-state index in [0.717, 1.165) is 17.7 Å². The molecule has 3 unspecified atom stereocenters. The maximum absolute atomic E-state index is 9.39. The van der Waals surface area contributed by atoms with Crippen LogP contribution in [0, 0.1) is 11.3 Å². The Bertz CT molecular complexity index is 406. The summed E-state index contributed by atoms with van der Waals surface area (Å²) >= 11 is 0. The van der Waals surface area contributed by atoms with E-state index in [4.69, 9.17) is 10.00 Å². The van der Waals surface area contributed by atoms with Crippen molar-refractivity contribution < 1.29 is 9.84 Å². The van der Waals surface area contributed by atoms with Gasteiger partial charge in [0.2, 0.25) is 0 Å². The summed E-state index contributed by atoms with van der Waals surface area (Å²) < 4.78 is 7.21. The van der Waals surface area contributed by atoms with Crippen LogP contribution in [0.5, 0.6) is 0 Å². The summed E-state index contributed by atoms with van der Waals surface area (Å²) in [5, 5.41) is 22.8. The van der Waals surface area contributed by atoms with Gasteiger partial charge in [0, 0.05) is 18.8 Å². The largest absolute Gasteiger partial charge is 0.391 e. The van der Waals surface area contributed by atoms with Gasteiger partial charge in [-0.3, -0.25) is 4.68 Å². The first-order chi connectivity index (χ1) is 7.99. The number of aromatic nitrogens is 2. The minimum Gasteiger partial charge on any atom is -0.391 e. The second kappa shape index (κ2) is 5.80. The number of hydrogen-bond donors (Lipinski definition) is 1. The monoisotopic (exact) mass is 237 g/mol. The second-order valence-corrected chi connectivity index (χ2v) is 4.15. The van der Waals surface area contributed by atoms with Gasteiger partial charge in [-0.15, -0.1) is 0 Å².